The first-order chi connectivity index (χ1) is 5.83. The van der Waals surface area contributed by atoms with Crippen LogP contribution in [0.5, 0.6) is 0 Å². The van der Waals surface area contributed by atoms with Gasteiger partial charge in [-0.15, -0.1) is 0 Å². The first-order valence-corrected chi connectivity index (χ1v) is 4.39. The highest BCUT2D eigenvalue weighted by Gasteiger charge is 2.26. The van der Waals surface area contributed by atoms with E-state index in [9.17, 15) is 0 Å². The summed E-state index contributed by atoms with van der Waals surface area (Å²) < 4.78 is 5.18. The van der Waals surface area contributed by atoms with Gasteiger partial charge in [0.2, 0.25) is 0 Å². The van der Waals surface area contributed by atoms with Gasteiger partial charge in [0.25, 0.3) is 0 Å². The summed E-state index contributed by atoms with van der Waals surface area (Å²) in [6, 6.07) is 0. The zero-order chi connectivity index (χ0) is 8.55. The molecule has 0 atom stereocenters. The van der Waals surface area contributed by atoms with Crippen LogP contribution in [0.4, 0.5) is 0 Å². The second kappa shape index (κ2) is 2.90. The Labute approximate surface area is 71.4 Å². The van der Waals surface area contributed by atoms with E-state index >= 15 is 0 Å². The Morgan fingerprint density at radius 2 is 2.33 bits per heavy atom. The molecule has 0 saturated heterocycles. The molecule has 3 heteroatoms. The fraction of sp³-hybridized carbons (Fsp3) is 0.667. The first-order valence-electron chi connectivity index (χ1n) is 4.39. The highest BCUT2D eigenvalue weighted by Crippen LogP contribution is 2.38. The summed E-state index contributed by atoms with van der Waals surface area (Å²) >= 11 is 0. The van der Waals surface area contributed by atoms with Crippen molar-refractivity contribution in [1.82, 2.24) is 5.16 Å². The van der Waals surface area contributed by atoms with E-state index in [0.29, 0.717) is 11.6 Å². The van der Waals surface area contributed by atoms with Gasteiger partial charge in [0.05, 0.1) is 6.61 Å². The number of hydrogen-bond donors (Lipinski definition) is 1. The standard InChI is InChI=1S/C9H13NO2/c1-6-8(5-11)10-12-9(6)7-3-2-4-7/h7,11H,2-5H2,1H3. The molecule has 1 heterocycles. The molecule has 0 spiro atoms. The predicted octanol–water partition coefficient (Wildman–Crippen LogP) is 1.74. The molecule has 1 fully saturated rings. The summed E-state index contributed by atoms with van der Waals surface area (Å²) in [5, 5.41) is 12.7. The molecule has 2 rings (SSSR count). The van der Waals surface area contributed by atoms with Crippen LogP contribution in [0.1, 0.15) is 42.2 Å². The molecule has 1 aromatic rings. The molecule has 1 saturated carbocycles. The third kappa shape index (κ3) is 1.05. The maximum Gasteiger partial charge on any atom is 0.143 e. The summed E-state index contributed by atoms with van der Waals surface area (Å²) in [7, 11) is 0. The van der Waals surface area contributed by atoms with E-state index in [0.717, 1.165) is 11.3 Å². The molecule has 66 valence electrons. The van der Waals surface area contributed by atoms with E-state index in [4.69, 9.17) is 9.63 Å². The summed E-state index contributed by atoms with van der Waals surface area (Å²) in [5.74, 6) is 1.56. The van der Waals surface area contributed by atoms with Crippen molar-refractivity contribution in [3.63, 3.8) is 0 Å². The summed E-state index contributed by atoms with van der Waals surface area (Å²) in [6.07, 6.45) is 3.71. The molecule has 1 aromatic heterocycles. The number of aliphatic hydroxyl groups is 1. The normalized spacial score (nSPS) is 17.8. The Kier molecular flexibility index (Phi) is 1.89. The average molecular weight is 167 g/mol. The predicted molar refractivity (Wildman–Crippen MR) is 43.8 cm³/mol. The second-order valence-corrected chi connectivity index (χ2v) is 3.40. The Hall–Kier alpha value is -0.830. The van der Waals surface area contributed by atoms with Gasteiger partial charge in [-0.1, -0.05) is 11.6 Å². The van der Waals surface area contributed by atoms with Crippen LogP contribution in [0.25, 0.3) is 0 Å². The van der Waals surface area contributed by atoms with Crippen molar-refractivity contribution in [3.8, 4) is 0 Å². The maximum atomic E-state index is 8.88. The van der Waals surface area contributed by atoms with Crippen LogP contribution in [0, 0.1) is 6.92 Å². The third-order valence-corrected chi connectivity index (χ3v) is 2.68. The number of hydrogen-bond acceptors (Lipinski definition) is 3. The first kappa shape index (κ1) is 7.80. The fourth-order valence-electron chi connectivity index (χ4n) is 1.58. The highest BCUT2D eigenvalue weighted by atomic mass is 16.5. The van der Waals surface area contributed by atoms with Crippen molar-refractivity contribution in [1.29, 1.82) is 0 Å². The smallest absolute Gasteiger partial charge is 0.143 e. The maximum absolute atomic E-state index is 8.88. The van der Waals surface area contributed by atoms with Crippen molar-refractivity contribution in [2.75, 3.05) is 0 Å². The minimum absolute atomic E-state index is 0.0119. The Balaban J connectivity index is 2.25. The fourth-order valence-corrected chi connectivity index (χ4v) is 1.58. The summed E-state index contributed by atoms with van der Waals surface area (Å²) in [6.45, 7) is 1.96. The van der Waals surface area contributed by atoms with Crippen LogP contribution in [0.3, 0.4) is 0 Å². The van der Waals surface area contributed by atoms with Crippen LogP contribution in [0.2, 0.25) is 0 Å². The van der Waals surface area contributed by atoms with Crippen LogP contribution in [-0.4, -0.2) is 10.3 Å². The number of rotatable bonds is 2. The molecule has 0 amide bonds. The topological polar surface area (TPSA) is 46.3 Å². The second-order valence-electron chi connectivity index (χ2n) is 3.40. The van der Waals surface area contributed by atoms with Gasteiger partial charge in [-0.3, -0.25) is 0 Å². The molecule has 12 heavy (non-hydrogen) atoms. The van der Waals surface area contributed by atoms with Gasteiger partial charge >= 0.3 is 0 Å². The summed E-state index contributed by atoms with van der Waals surface area (Å²) in [5.41, 5.74) is 1.74. The van der Waals surface area contributed by atoms with Crippen LogP contribution in [0.15, 0.2) is 4.52 Å². The van der Waals surface area contributed by atoms with Gasteiger partial charge < -0.3 is 9.63 Å². The SMILES string of the molecule is Cc1c(CO)noc1C1CCC1. The van der Waals surface area contributed by atoms with Gasteiger partial charge in [0.15, 0.2) is 0 Å². The Morgan fingerprint density at radius 3 is 2.75 bits per heavy atom. The molecular weight excluding hydrogens is 154 g/mol. The largest absolute Gasteiger partial charge is 0.390 e. The van der Waals surface area contributed by atoms with E-state index in [1.54, 1.807) is 0 Å². The lowest BCUT2D eigenvalue weighted by Gasteiger charge is -2.22. The molecule has 1 aliphatic carbocycles. The van der Waals surface area contributed by atoms with Crippen molar-refractivity contribution >= 4 is 0 Å². The van der Waals surface area contributed by atoms with Gasteiger partial charge in [-0.25, -0.2) is 0 Å². The Morgan fingerprint density at radius 1 is 1.58 bits per heavy atom. The van der Waals surface area contributed by atoms with Crippen LogP contribution >= 0.6 is 0 Å². The highest BCUT2D eigenvalue weighted by molar-refractivity contribution is 5.24. The molecule has 1 N–H and O–H groups in total. The number of nitrogens with zero attached hydrogens (tertiary/aromatic N) is 1. The van der Waals surface area contributed by atoms with Crippen LogP contribution in [-0.2, 0) is 6.61 Å². The quantitative estimate of drug-likeness (QED) is 0.729. The van der Waals surface area contributed by atoms with Crippen LogP contribution < -0.4 is 0 Å². The van der Waals surface area contributed by atoms with E-state index in [1.165, 1.54) is 19.3 Å². The van der Waals surface area contributed by atoms with E-state index < -0.39 is 0 Å². The minimum Gasteiger partial charge on any atom is -0.390 e. The van der Waals surface area contributed by atoms with Crippen molar-refractivity contribution in [2.24, 2.45) is 0 Å². The number of aliphatic hydroxyl groups excluding tert-OH is 1. The molecule has 0 aliphatic heterocycles. The Bertz CT molecular complexity index is 276. The van der Waals surface area contributed by atoms with E-state index in [2.05, 4.69) is 5.16 Å². The third-order valence-electron chi connectivity index (χ3n) is 2.68. The minimum atomic E-state index is -0.0119. The molecule has 1 aliphatic rings. The van der Waals surface area contributed by atoms with Gasteiger partial charge in [-0.05, 0) is 19.8 Å². The lowest BCUT2D eigenvalue weighted by atomic mass is 9.82. The lowest BCUT2D eigenvalue weighted by Crippen LogP contribution is -2.08. The van der Waals surface area contributed by atoms with Gasteiger partial charge in [-0.2, -0.15) is 0 Å². The average Bonchev–Trinajstić information content (AvgIpc) is 2.30. The molecule has 0 radical (unpaired) electrons. The molecule has 0 bridgehead atoms. The molecule has 3 nitrogen and oxygen atoms in total. The molecular formula is C9H13NO2. The van der Waals surface area contributed by atoms with Gasteiger partial charge in [0.1, 0.15) is 11.5 Å². The van der Waals surface area contributed by atoms with Gasteiger partial charge in [0, 0.05) is 11.5 Å². The van der Waals surface area contributed by atoms with E-state index in [1.807, 2.05) is 6.92 Å². The monoisotopic (exact) mass is 167 g/mol. The van der Waals surface area contributed by atoms with Crippen molar-refractivity contribution < 1.29 is 9.63 Å². The molecule has 0 aromatic carbocycles. The van der Waals surface area contributed by atoms with Crippen molar-refractivity contribution in [2.45, 2.75) is 38.7 Å². The van der Waals surface area contributed by atoms with Crippen molar-refractivity contribution in [3.05, 3.63) is 17.0 Å². The number of aromatic nitrogens is 1. The zero-order valence-corrected chi connectivity index (χ0v) is 7.21. The van der Waals surface area contributed by atoms with E-state index in [-0.39, 0.29) is 6.61 Å². The lowest BCUT2D eigenvalue weighted by molar-refractivity contribution is 0.258. The summed E-state index contributed by atoms with van der Waals surface area (Å²) in [4.78, 5) is 0. The zero-order valence-electron chi connectivity index (χ0n) is 7.21. The molecule has 0 unspecified atom stereocenters.